The molecule has 1 N–H and O–H groups in total. The molecule has 1 aromatic carbocycles. The Morgan fingerprint density at radius 2 is 2.10 bits per heavy atom. The Morgan fingerprint density at radius 1 is 1.30 bits per heavy atom. The molecule has 0 aliphatic carbocycles. The zero-order valence-corrected chi connectivity index (χ0v) is 12.4. The second-order valence-corrected chi connectivity index (χ2v) is 5.13. The van der Waals surface area contributed by atoms with Gasteiger partial charge in [0.1, 0.15) is 5.15 Å². The fourth-order valence-corrected chi connectivity index (χ4v) is 2.22. The van der Waals surface area contributed by atoms with Crippen LogP contribution in [0.1, 0.15) is 35.0 Å². The number of anilines is 1. The molecule has 2 rings (SSSR count). The number of carbonyl (C=O) groups is 1. The largest absolute Gasteiger partial charge is 0.322 e. The Bertz CT molecular complexity index is 626. The molecule has 4 heteroatoms. The number of benzene rings is 1. The van der Waals surface area contributed by atoms with E-state index in [0.717, 1.165) is 29.8 Å². The fourth-order valence-electron chi connectivity index (χ4n) is 1.99. The highest BCUT2D eigenvalue weighted by atomic mass is 35.5. The van der Waals surface area contributed by atoms with Crippen LogP contribution in [0.4, 0.5) is 5.69 Å². The average Bonchev–Trinajstić information content (AvgIpc) is 2.38. The van der Waals surface area contributed by atoms with Gasteiger partial charge in [-0.15, -0.1) is 0 Å². The van der Waals surface area contributed by atoms with Gasteiger partial charge >= 0.3 is 0 Å². The van der Waals surface area contributed by atoms with Gasteiger partial charge in [0, 0.05) is 16.9 Å². The smallest absolute Gasteiger partial charge is 0.255 e. The number of hydrogen-bond acceptors (Lipinski definition) is 2. The normalized spacial score (nSPS) is 10.3. The molecule has 0 aliphatic heterocycles. The maximum absolute atomic E-state index is 12.2. The van der Waals surface area contributed by atoms with Crippen molar-refractivity contribution in [1.82, 2.24) is 4.98 Å². The van der Waals surface area contributed by atoms with Gasteiger partial charge in [-0.3, -0.25) is 4.79 Å². The number of aryl methyl sites for hydroxylation is 2. The zero-order valence-electron chi connectivity index (χ0n) is 11.6. The molecular weight excluding hydrogens is 272 g/mol. The van der Waals surface area contributed by atoms with E-state index in [0.29, 0.717) is 10.7 Å². The highest BCUT2D eigenvalue weighted by Crippen LogP contribution is 2.15. The van der Waals surface area contributed by atoms with E-state index < -0.39 is 0 Å². The van der Waals surface area contributed by atoms with Crippen LogP contribution in [0, 0.1) is 6.92 Å². The van der Waals surface area contributed by atoms with Gasteiger partial charge < -0.3 is 5.32 Å². The van der Waals surface area contributed by atoms with Gasteiger partial charge in [0.25, 0.3) is 5.91 Å². The second kappa shape index (κ2) is 6.53. The van der Waals surface area contributed by atoms with E-state index in [9.17, 15) is 4.79 Å². The average molecular weight is 289 g/mol. The summed E-state index contributed by atoms with van der Waals surface area (Å²) in [6.45, 7) is 4.05. The number of aromatic nitrogens is 1. The van der Waals surface area contributed by atoms with E-state index in [1.54, 1.807) is 12.1 Å². The van der Waals surface area contributed by atoms with Crippen molar-refractivity contribution in [3.63, 3.8) is 0 Å². The predicted molar refractivity (Wildman–Crippen MR) is 82.4 cm³/mol. The number of pyridine rings is 1. The van der Waals surface area contributed by atoms with Crippen LogP contribution in [-0.4, -0.2) is 10.9 Å². The van der Waals surface area contributed by atoms with E-state index in [1.807, 2.05) is 31.2 Å². The molecule has 20 heavy (non-hydrogen) atoms. The van der Waals surface area contributed by atoms with Gasteiger partial charge in [-0.2, -0.15) is 0 Å². The van der Waals surface area contributed by atoms with Crippen molar-refractivity contribution in [1.29, 1.82) is 0 Å². The number of amides is 1. The van der Waals surface area contributed by atoms with Crippen LogP contribution in [0.15, 0.2) is 36.4 Å². The topological polar surface area (TPSA) is 42.0 Å². The first-order valence-electron chi connectivity index (χ1n) is 6.63. The van der Waals surface area contributed by atoms with Crippen LogP contribution >= 0.6 is 11.6 Å². The molecule has 0 atom stereocenters. The maximum atomic E-state index is 12.2. The quantitative estimate of drug-likeness (QED) is 0.855. The van der Waals surface area contributed by atoms with Gasteiger partial charge in [0.2, 0.25) is 0 Å². The number of carbonyl (C=O) groups excluding carboxylic acids is 1. The van der Waals surface area contributed by atoms with Crippen LogP contribution in [0.3, 0.4) is 0 Å². The lowest BCUT2D eigenvalue weighted by Crippen LogP contribution is -2.13. The molecule has 0 unspecified atom stereocenters. The highest BCUT2D eigenvalue weighted by molar-refractivity contribution is 6.29. The number of nitrogens with zero attached hydrogens (tertiary/aromatic N) is 1. The summed E-state index contributed by atoms with van der Waals surface area (Å²) in [6, 6.07) is 11.1. The van der Waals surface area contributed by atoms with Gasteiger partial charge in [-0.1, -0.05) is 37.1 Å². The third-order valence-electron chi connectivity index (χ3n) is 2.89. The zero-order chi connectivity index (χ0) is 14.5. The molecule has 0 saturated heterocycles. The standard InChI is InChI=1S/C16H17ClN2O/c1-3-5-13-9-12(10-15(17)18-13)16(20)19-14-7-4-6-11(2)8-14/h4,6-10H,3,5H2,1-2H3,(H,19,20). The molecular formula is C16H17ClN2O. The Morgan fingerprint density at radius 3 is 2.80 bits per heavy atom. The molecule has 0 fully saturated rings. The summed E-state index contributed by atoms with van der Waals surface area (Å²) in [5.74, 6) is -0.169. The minimum Gasteiger partial charge on any atom is -0.322 e. The van der Waals surface area contributed by atoms with Gasteiger partial charge in [-0.25, -0.2) is 4.98 Å². The van der Waals surface area contributed by atoms with Crippen LogP contribution in [-0.2, 0) is 6.42 Å². The predicted octanol–water partition coefficient (Wildman–Crippen LogP) is 4.25. The van der Waals surface area contributed by atoms with Crippen molar-refractivity contribution in [2.24, 2.45) is 0 Å². The van der Waals surface area contributed by atoms with Crippen molar-refractivity contribution in [2.75, 3.05) is 5.32 Å². The molecule has 3 nitrogen and oxygen atoms in total. The Labute approximate surface area is 124 Å². The molecule has 104 valence electrons. The lowest BCUT2D eigenvalue weighted by atomic mass is 10.1. The molecule has 0 bridgehead atoms. The van der Waals surface area contributed by atoms with Gasteiger partial charge in [0.05, 0.1) is 0 Å². The van der Waals surface area contributed by atoms with Crippen molar-refractivity contribution < 1.29 is 4.79 Å². The van der Waals surface area contributed by atoms with Crippen LogP contribution < -0.4 is 5.32 Å². The van der Waals surface area contributed by atoms with Crippen LogP contribution in [0.2, 0.25) is 5.15 Å². The minimum absolute atomic E-state index is 0.169. The molecule has 1 heterocycles. The maximum Gasteiger partial charge on any atom is 0.255 e. The summed E-state index contributed by atoms with van der Waals surface area (Å²) < 4.78 is 0. The first-order valence-corrected chi connectivity index (χ1v) is 7.01. The monoisotopic (exact) mass is 288 g/mol. The van der Waals surface area contributed by atoms with E-state index in [1.165, 1.54) is 0 Å². The fraction of sp³-hybridized carbons (Fsp3) is 0.250. The van der Waals surface area contributed by atoms with Crippen molar-refractivity contribution in [2.45, 2.75) is 26.7 Å². The highest BCUT2D eigenvalue weighted by Gasteiger charge is 2.09. The summed E-state index contributed by atoms with van der Waals surface area (Å²) >= 11 is 5.97. The summed E-state index contributed by atoms with van der Waals surface area (Å²) in [7, 11) is 0. The van der Waals surface area contributed by atoms with Gasteiger partial charge in [0.15, 0.2) is 0 Å². The minimum atomic E-state index is -0.169. The molecule has 0 radical (unpaired) electrons. The van der Waals surface area contributed by atoms with Crippen molar-refractivity contribution in [3.8, 4) is 0 Å². The number of hydrogen-bond donors (Lipinski definition) is 1. The first kappa shape index (κ1) is 14.5. The lowest BCUT2D eigenvalue weighted by Gasteiger charge is -2.08. The Balaban J connectivity index is 2.20. The van der Waals surface area contributed by atoms with Crippen LogP contribution in [0.5, 0.6) is 0 Å². The summed E-state index contributed by atoms with van der Waals surface area (Å²) in [5, 5.41) is 3.22. The number of nitrogens with one attached hydrogen (secondary N) is 1. The van der Waals surface area contributed by atoms with Crippen molar-refractivity contribution >= 4 is 23.2 Å². The van der Waals surface area contributed by atoms with Crippen LogP contribution in [0.25, 0.3) is 0 Å². The molecule has 0 aliphatic rings. The Hall–Kier alpha value is -1.87. The molecule has 1 aromatic heterocycles. The summed E-state index contributed by atoms with van der Waals surface area (Å²) in [4.78, 5) is 16.4. The molecule has 0 saturated carbocycles. The lowest BCUT2D eigenvalue weighted by molar-refractivity contribution is 0.102. The van der Waals surface area contributed by atoms with E-state index in [2.05, 4.69) is 17.2 Å². The third kappa shape index (κ3) is 3.81. The van der Waals surface area contributed by atoms with Gasteiger partial charge in [-0.05, 0) is 43.2 Å². The first-order chi connectivity index (χ1) is 9.58. The summed E-state index contributed by atoms with van der Waals surface area (Å²) in [5.41, 5.74) is 3.26. The number of rotatable bonds is 4. The molecule has 1 amide bonds. The second-order valence-electron chi connectivity index (χ2n) is 4.74. The number of halogens is 1. The third-order valence-corrected chi connectivity index (χ3v) is 3.09. The SMILES string of the molecule is CCCc1cc(C(=O)Nc2cccc(C)c2)cc(Cl)n1. The summed E-state index contributed by atoms with van der Waals surface area (Å²) in [6.07, 6.45) is 1.78. The molecule has 2 aromatic rings. The van der Waals surface area contributed by atoms with Crippen molar-refractivity contribution in [3.05, 3.63) is 58.4 Å². The Kier molecular flexibility index (Phi) is 4.74. The van der Waals surface area contributed by atoms with E-state index in [4.69, 9.17) is 11.6 Å². The molecule has 0 spiro atoms. The van der Waals surface area contributed by atoms with E-state index >= 15 is 0 Å². The van der Waals surface area contributed by atoms with E-state index in [-0.39, 0.29) is 5.91 Å².